The summed E-state index contributed by atoms with van der Waals surface area (Å²) in [5, 5.41) is 6.69. The SMILES string of the molecule is CC(C)(C)c1cc(NS(=O)(=O)c2cccc(F)c2)n[nH]1. The molecule has 7 heteroatoms. The van der Waals surface area contributed by atoms with Crippen LogP contribution in [-0.4, -0.2) is 18.6 Å². The van der Waals surface area contributed by atoms with Gasteiger partial charge in [-0.25, -0.2) is 12.8 Å². The predicted octanol–water partition coefficient (Wildman–Crippen LogP) is 2.65. The molecule has 2 N–H and O–H groups in total. The van der Waals surface area contributed by atoms with Crippen molar-refractivity contribution in [2.24, 2.45) is 0 Å². The van der Waals surface area contributed by atoms with Gasteiger partial charge >= 0.3 is 0 Å². The van der Waals surface area contributed by atoms with Gasteiger partial charge in [0.1, 0.15) is 5.82 Å². The second kappa shape index (κ2) is 4.90. The Labute approximate surface area is 117 Å². The van der Waals surface area contributed by atoms with Crippen LogP contribution in [0, 0.1) is 5.82 Å². The maximum absolute atomic E-state index is 13.1. The van der Waals surface area contributed by atoms with Gasteiger partial charge in [-0.1, -0.05) is 26.8 Å². The summed E-state index contributed by atoms with van der Waals surface area (Å²) >= 11 is 0. The van der Waals surface area contributed by atoms with Crippen molar-refractivity contribution < 1.29 is 12.8 Å². The summed E-state index contributed by atoms with van der Waals surface area (Å²) in [6.07, 6.45) is 0. The lowest BCUT2D eigenvalue weighted by atomic mass is 9.92. The lowest BCUT2D eigenvalue weighted by Gasteiger charge is -2.14. The molecule has 20 heavy (non-hydrogen) atoms. The molecule has 2 aromatic rings. The number of hydrogen-bond acceptors (Lipinski definition) is 3. The van der Waals surface area contributed by atoms with Crippen LogP contribution in [0.3, 0.4) is 0 Å². The molecule has 0 aliphatic carbocycles. The molecular weight excluding hydrogens is 281 g/mol. The minimum Gasteiger partial charge on any atom is -0.280 e. The Kier molecular flexibility index (Phi) is 3.56. The number of sulfonamides is 1. The molecule has 1 aromatic heterocycles. The molecule has 0 amide bonds. The van der Waals surface area contributed by atoms with Crippen molar-refractivity contribution >= 4 is 15.8 Å². The number of nitrogens with one attached hydrogen (secondary N) is 2. The molecule has 0 aliphatic rings. The van der Waals surface area contributed by atoms with Crippen molar-refractivity contribution in [2.45, 2.75) is 31.1 Å². The van der Waals surface area contributed by atoms with Crippen LogP contribution in [0.15, 0.2) is 35.2 Å². The second-order valence-electron chi connectivity index (χ2n) is 5.48. The highest BCUT2D eigenvalue weighted by atomic mass is 32.2. The summed E-state index contributed by atoms with van der Waals surface area (Å²) in [6.45, 7) is 5.93. The quantitative estimate of drug-likeness (QED) is 0.914. The van der Waals surface area contributed by atoms with Crippen LogP contribution in [0.5, 0.6) is 0 Å². The summed E-state index contributed by atoms with van der Waals surface area (Å²) < 4.78 is 39.6. The molecule has 0 saturated carbocycles. The van der Waals surface area contributed by atoms with Gasteiger partial charge in [-0.05, 0) is 18.2 Å². The molecule has 0 atom stereocenters. The van der Waals surface area contributed by atoms with Crippen LogP contribution in [0.1, 0.15) is 26.5 Å². The second-order valence-corrected chi connectivity index (χ2v) is 7.16. The predicted molar refractivity (Wildman–Crippen MR) is 74.5 cm³/mol. The Hall–Kier alpha value is -1.89. The summed E-state index contributed by atoms with van der Waals surface area (Å²) in [5.41, 5.74) is 0.629. The molecule has 0 unspecified atom stereocenters. The minimum atomic E-state index is -3.84. The van der Waals surface area contributed by atoms with Gasteiger partial charge in [-0.2, -0.15) is 5.10 Å². The number of nitrogens with zero attached hydrogens (tertiary/aromatic N) is 1. The summed E-state index contributed by atoms with van der Waals surface area (Å²) in [4.78, 5) is -0.141. The Morgan fingerprint density at radius 1 is 1.25 bits per heavy atom. The van der Waals surface area contributed by atoms with Crippen LogP contribution in [-0.2, 0) is 15.4 Å². The maximum Gasteiger partial charge on any atom is 0.263 e. The number of halogens is 1. The van der Waals surface area contributed by atoms with E-state index in [2.05, 4.69) is 14.9 Å². The van der Waals surface area contributed by atoms with E-state index in [9.17, 15) is 12.8 Å². The number of benzene rings is 1. The molecular formula is C13H16FN3O2S. The average molecular weight is 297 g/mol. The van der Waals surface area contributed by atoms with Gasteiger partial charge in [0.25, 0.3) is 10.0 Å². The van der Waals surface area contributed by atoms with Gasteiger partial charge in [-0.3, -0.25) is 9.82 Å². The molecule has 108 valence electrons. The van der Waals surface area contributed by atoms with Gasteiger partial charge in [0.2, 0.25) is 0 Å². The first kappa shape index (κ1) is 14.5. The third-order valence-electron chi connectivity index (χ3n) is 2.73. The maximum atomic E-state index is 13.1. The van der Waals surface area contributed by atoms with E-state index < -0.39 is 15.8 Å². The first-order valence-electron chi connectivity index (χ1n) is 6.03. The highest BCUT2D eigenvalue weighted by Crippen LogP contribution is 2.23. The van der Waals surface area contributed by atoms with Crippen molar-refractivity contribution in [3.05, 3.63) is 41.8 Å². The summed E-state index contributed by atoms with van der Waals surface area (Å²) in [7, 11) is -3.84. The lowest BCUT2D eigenvalue weighted by Crippen LogP contribution is -2.13. The van der Waals surface area contributed by atoms with Crippen LogP contribution in [0.2, 0.25) is 0 Å². The number of H-pyrrole nitrogens is 1. The van der Waals surface area contributed by atoms with Crippen LogP contribution < -0.4 is 4.72 Å². The molecule has 0 fully saturated rings. The standard InChI is InChI=1S/C13H16FN3O2S/c1-13(2,3)11-8-12(16-15-11)17-20(18,19)10-6-4-5-9(14)7-10/h4-8H,1-3H3,(H2,15,16,17). The van der Waals surface area contributed by atoms with Crippen molar-refractivity contribution in [3.8, 4) is 0 Å². The summed E-state index contributed by atoms with van der Waals surface area (Å²) in [6, 6.07) is 6.43. The van der Waals surface area contributed by atoms with E-state index in [-0.39, 0.29) is 16.1 Å². The first-order chi connectivity index (χ1) is 9.18. The molecule has 0 bridgehead atoms. The summed E-state index contributed by atoms with van der Waals surface area (Å²) in [5.74, 6) is -0.426. The highest BCUT2D eigenvalue weighted by Gasteiger charge is 2.20. The largest absolute Gasteiger partial charge is 0.280 e. The fraction of sp³-hybridized carbons (Fsp3) is 0.308. The van der Waals surface area contributed by atoms with Crippen LogP contribution >= 0.6 is 0 Å². The zero-order valence-electron chi connectivity index (χ0n) is 11.4. The van der Waals surface area contributed by atoms with Crippen molar-refractivity contribution in [3.63, 3.8) is 0 Å². The first-order valence-corrected chi connectivity index (χ1v) is 7.51. The lowest BCUT2D eigenvalue weighted by molar-refractivity contribution is 0.567. The van der Waals surface area contributed by atoms with Gasteiger partial charge in [-0.15, -0.1) is 0 Å². The number of aromatic amines is 1. The molecule has 0 radical (unpaired) electrons. The fourth-order valence-electron chi connectivity index (χ4n) is 1.59. The molecule has 2 rings (SSSR count). The molecule has 5 nitrogen and oxygen atoms in total. The number of hydrogen-bond donors (Lipinski definition) is 2. The number of anilines is 1. The van der Waals surface area contributed by atoms with Gasteiger partial charge in [0, 0.05) is 17.2 Å². The minimum absolute atomic E-state index is 0.141. The number of aromatic nitrogens is 2. The van der Waals surface area contributed by atoms with E-state index >= 15 is 0 Å². The number of rotatable bonds is 3. The third-order valence-corrected chi connectivity index (χ3v) is 4.08. The Bertz CT molecular complexity index is 717. The van der Waals surface area contributed by atoms with E-state index in [1.807, 2.05) is 20.8 Å². The van der Waals surface area contributed by atoms with E-state index in [4.69, 9.17) is 0 Å². The molecule has 1 heterocycles. The third kappa shape index (κ3) is 3.16. The molecule has 1 aromatic carbocycles. The Morgan fingerprint density at radius 2 is 1.95 bits per heavy atom. The topological polar surface area (TPSA) is 74.8 Å². The smallest absolute Gasteiger partial charge is 0.263 e. The molecule has 0 spiro atoms. The normalized spacial score (nSPS) is 12.4. The van der Waals surface area contributed by atoms with Crippen LogP contribution in [0.25, 0.3) is 0 Å². The Morgan fingerprint density at radius 3 is 2.50 bits per heavy atom. The van der Waals surface area contributed by atoms with Crippen LogP contribution in [0.4, 0.5) is 10.2 Å². The van der Waals surface area contributed by atoms with Crippen molar-refractivity contribution in [1.29, 1.82) is 0 Å². The van der Waals surface area contributed by atoms with Gasteiger partial charge < -0.3 is 0 Å². The molecule has 0 saturated heterocycles. The molecule has 0 aliphatic heterocycles. The highest BCUT2D eigenvalue weighted by molar-refractivity contribution is 7.92. The van der Waals surface area contributed by atoms with E-state index in [0.717, 1.165) is 11.8 Å². The van der Waals surface area contributed by atoms with Gasteiger partial charge in [0.05, 0.1) is 4.90 Å². The van der Waals surface area contributed by atoms with Crippen molar-refractivity contribution in [2.75, 3.05) is 4.72 Å². The van der Waals surface area contributed by atoms with E-state index in [0.29, 0.717) is 0 Å². The monoisotopic (exact) mass is 297 g/mol. The van der Waals surface area contributed by atoms with E-state index in [1.54, 1.807) is 6.07 Å². The average Bonchev–Trinajstić information content (AvgIpc) is 2.76. The fourth-order valence-corrected chi connectivity index (χ4v) is 2.61. The van der Waals surface area contributed by atoms with Crippen molar-refractivity contribution in [1.82, 2.24) is 10.2 Å². The zero-order valence-corrected chi connectivity index (χ0v) is 12.3. The Balaban J connectivity index is 2.27. The van der Waals surface area contributed by atoms with Gasteiger partial charge in [0.15, 0.2) is 5.82 Å². The zero-order chi connectivity index (χ0) is 15.0. The van der Waals surface area contributed by atoms with E-state index in [1.165, 1.54) is 18.2 Å².